The summed E-state index contributed by atoms with van der Waals surface area (Å²) in [6.07, 6.45) is 0. The predicted molar refractivity (Wildman–Crippen MR) is 87.8 cm³/mol. The summed E-state index contributed by atoms with van der Waals surface area (Å²) in [5.41, 5.74) is 0.610. The van der Waals surface area contributed by atoms with Gasteiger partial charge < -0.3 is 4.74 Å². The molecule has 1 N–H and O–H groups in total. The number of hydrogen-bond donors (Lipinski definition) is 1. The highest BCUT2D eigenvalue weighted by atomic mass is 35.5. The fourth-order valence-corrected chi connectivity index (χ4v) is 2.98. The standard InChI is InChI=1S/C15H12Cl2FNO4S/c16-13-6-1-10(7-14(13)17)9-23-15(20)8-19-24(21,22)12-4-2-11(18)3-5-12/h1-7,19H,8-9H2. The molecule has 2 rings (SSSR count). The van der Waals surface area contributed by atoms with Crippen molar-refractivity contribution in [3.63, 3.8) is 0 Å². The van der Waals surface area contributed by atoms with Crippen LogP contribution in [0.2, 0.25) is 10.0 Å². The molecule has 0 atom stereocenters. The molecule has 2 aromatic carbocycles. The molecule has 0 saturated heterocycles. The summed E-state index contributed by atoms with van der Waals surface area (Å²) < 4.78 is 43.7. The normalized spacial score (nSPS) is 11.3. The Morgan fingerprint density at radius 1 is 1.08 bits per heavy atom. The third-order valence-corrected chi connectivity index (χ3v) is 5.07. The van der Waals surface area contributed by atoms with Gasteiger partial charge in [-0.25, -0.2) is 12.8 Å². The number of benzene rings is 2. The van der Waals surface area contributed by atoms with E-state index in [1.807, 2.05) is 0 Å². The van der Waals surface area contributed by atoms with Crippen LogP contribution in [0.15, 0.2) is 47.4 Å². The van der Waals surface area contributed by atoms with E-state index in [0.29, 0.717) is 15.6 Å². The van der Waals surface area contributed by atoms with Crippen molar-refractivity contribution in [2.75, 3.05) is 6.54 Å². The second-order valence-electron chi connectivity index (χ2n) is 4.69. The number of carbonyl (C=O) groups excluding carboxylic acids is 1. The van der Waals surface area contributed by atoms with Crippen LogP contribution in [0.25, 0.3) is 0 Å². The maximum atomic E-state index is 12.8. The Hall–Kier alpha value is -1.67. The summed E-state index contributed by atoms with van der Waals surface area (Å²) >= 11 is 11.6. The molecule has 0 saturated carbocycles. The molecule has 0 heterocycles. The molecule has 0 fully saturated rings. The molecule has 24 heavy (non-hydrogen) atoms. The van der Waals surface area contributed by atoms with Gasteiger partial charge in [0.15, 0.2) is 0 Å². The minimum atomic E-state index is -3.92. The maximum Gasteiger partial charge on any atom is 0.321 e. The summed E-state index contributed by atoms with van der Waals surface area (Å²) in [6.45, 7) is -0.630. The molecule has 0 aromatic heterocycles. The Kier molecular flexibility index (Phi) is 6.17. The summed E-state index contributed by atoms with van der Waals surface area (Å²) in [5.74, 6) is -1.33. The first-order valence-corrected chi connectivity index (χ1v) is 8.86. The van der Waals surface area contributed by atoms with E-state index in [2.05, 4.69) is 4.72 Å². The average molecular weight is 392 g/mol. The zero-order valence-electron chi connectivity index (χ0n) is 12.1. The lowest BCUT2D eigenvalue weighted by Crippen LogP contribution is -2.30. The molecule has 0 unspecified atom stereocenters. The van der Waals surface area contributed by atoms with Gasteiger partial charge in [-0.05, 0) is 42.0 Å². The van der Waals surface area contributed by atoms with E-state index in [1.165, 1.54) is 0 Å². The van der Waals surface area contributed by atoms with Crippen LogP contribution in [0.1, 0.15) is 5.56 Å². The Balaban J connectivity index is 1.88. The number of carbonyl (C=O) groups is 1. The summed E-state index contributed by atoms with van der Waals surface area (Å²) in [7, 11) is -3.92. The number of nitrogens with one attached hydrogen (secondary N) is 1. The third-order valence-electron chi connectivity index (χ3n) is 2.91. The molecule has 0 spiro atoms. The van der Waals surface area contributed by atoms with Crippen molar-refractivity contribution in [1.29, 1.82) is 0 Å². The lowest BCUT2D eigenvalue weighted by molar-refractivity contribution is -0.143. The molecule has 2 aromatic rings. The fraction of sp³-hybridized carbons (Fsp3) is 0.133. The Morgan fingerprint density at radius 2 is 1.75 bits per heavy atom. The topological polar surface area (TPSA) is 72.5 Å². The van der Waals surface area contributed by atoms with Crippen LogP contribution in [0.3, 0.4) is 0 Å². The van der Waals surface area contributed by atoms with Crippen molar-refractivity contribution in [2.45, 2.75) is 11.5 Å². The first-order valence-electron chi connectivity index (χ1n) is 6.63. The van der Waals surface area contributed by atoms with Crippen molar-refractivity contribution in [3.8, 4) is 0 Å². The Labute approximate surface area is 148 Å². The van der Waals surface area contributed by atoms with E-state index in [-0.39, 0.29) is 11.5 Å². The first kappa shape index (κ1) is 18.7. The summed E-state index contributed by atoms with van der Waals surface area (Å²) in [5, 5.41) is 0.695. The monoisotopic (exact) mass is 391 g/mol. The first-order chi connectivity index (χ1) is 11.3. The van der Waals surface area contributed by atoms with E-state index < -0.39 is 28.4 Å². The molecule has 0 amide bonds. The van der Waals surface area contributed by atoms with Crippen LogP contribution in [-0.4, -0.2) is 20.9 Å². The lowest BCUT2D eigenvalue weighted by atomic mass is 10.2. The number of halogens is 3. The molecule has 128 valence electrons. The minimum Gasteiger partial charge on any atom is -0.460 e. The van der Waals surface area contributed by atoms with E-state index in [4.69, 9.17) is 27.9 Å². The van der Waals surface area contributed by atoms with Crippen molar-refractivity contribution < 1.29 is 22.3 Å². The highest BCUT2D eigenvalue weighted by molar-refractivity contribution is 7.89. The smallest absolute Gasteiger partial charge is 0.321 e. The number of esters is 1. The van der Waals surface area contributed by atoms with Gasteiger partial charge in [-0.2, -0.15) is 4.72 Å². The van der Waals surface area contributed by atoms with E-state index in [0.717, 1.165) is 24.3 Å². The van der Waals surface area contributed by atoms with Gasteiger partial charge in [0, 0.05) is 0 Å². The van der Waals surface area contributed by atoms with Crippen molar-refractivity contribution in [1.82, 2.24) is 4.72 Å². The molecular formula is C15H12Cl2FNO4S. The summed E-state index contributed by atoms with van der Waals surface area (Å²) in [6, 6.07) is 8.94. The second kappa shape index (κ2) is 7.94. The number of hydrogen-bond acceptors (Lipinski definition) is 4. The molecular weight excluding hydrogens is 380 g/mol. The number of ether oxygens (including phenoxy) is 1. The van der Waals surface area contributed by atoms with Crippen LogP contribution in [-0.2, 0) is 26.2 Å². The van der Waals surface area contributed by atoms with Gasteiger partial charge in [-0.15, -0.1) is 0 Å². The van der Waals surface area contributed by atoms with E-state index >= 15 is 0 Å². The Bertz CT molecular complexity index is 841. The van der Waals surface area contributed by atoms with Crippen LogP contribution in [0.5, 0.6) is 0 Å². The summed E-state index contributed by atoms with van der Waals surface area (Å²) in [4.78, 5) is 11.5. The SMILES string of the molecule is O=C(CNS(=O)(=O)c1ccc(F)cc1)OCc1ccc(Cl)c(Cl)c1. The van der Waals surface area contributed by atoms with Crippen molar-refractivity contribution in [3.05, 3.63) is 63.9 Å². The van der Waals surface area contributed by atoms with Gasteiger partial charge in [-0.1, -0.05) is 29.3 Å². The molecule has 9 heteroatoms. The van der Waals surface area contributed by atoms with Gasteiger partial charge in [0.25, 0.3) is 0 Å². The van der Waals surface area contributed by atoms with Gasteiger partial charge in [0.1, 0.15) is 19.0 Å². The highest BCUT2D eigenvalue weighted by Crippen LogP contribution is 2.22. The molecule has 0 bridgehead atoms. The molecule has 0 aliphatic rings. The van der Waals surface area contributed by atoms with E-state index in [1.54, 1.807) is 18.2 Å². The molecule has 5 nitrogen and oxygen atoms in total. The maximum absolute atomic E-state index is 12.8. The van der Waals surface area contributed by atoms with Crippen LogP contribution >= 0.6 is 23.2 Å². The van der Waals surface area contributed by atoms with Gasteiger partial charge in [-0.3, -0.25) is 4.79 Å². The average Bonchev–Trinajstić information content (AvgIpc) is 2.54. The van der Waals surface area contributed by atoms with Gasteiger partial charge >= 0.3 is 5.97 Å². The van der Waals surface area contributed by atoms with Crippen LogP contribution in [0.4, 0.5) is 4.39 Å². The highest BCUT2D eigenvalue weighted by Gasteiger charge is 2.16. The van der Waals surface area contributed by atoms with Crippen molar-refractivity contribution in [2.24, 2.45) is 0 Å². The second-order valence-corrected chi connectivity index (χ2v) is 7.27. The Morgan fingerprint density at radius 3 is 2.38 bits per heavy atom. The largest absolute Gasteiger partial charge is 0.460 e. The number of rotatable bonds is 6. The third kappa shape index (κ3) is 5.17. The fourth-order valence-electron chi connectivity index (χ4n) is 1.70. The molecule has 0 aliphatic carbocycles. The van der Waals surface area contributed by atoms with Crippen LogP contribution < -0.4 is 4.72 Å². The van der Waals surface area contributed by atoms with Crippen LogP contribution in [0, 0.1) is 5.82 Å². The predicted octanol–water partition coefficient (Wildman–Crippen LogP) is 3.15. The van der Waals surface area contributed by atoms with Gasteiger partial charge in [0.05, 0.1) is 14.9 Å². The number of sulfonamides is 1. The molecule has 0 radical (unpaired) electrons. The zero-order valence-corrected chi connectivity index (χ0v) is 14.5. The zero-order chi connectivity index (χ0) is 17.7. The molecule has 0 aliphatic heterocycles. The van der Waals surface area contributed by atoms with E-state index in [9.17, 15) is 17.6 Å². The quantitative estimate of drug-likeness (QED) is 0.767. The van der Waals surface area contributed by atoms with Crippen molar-refractivity contribution >= 4 is 39.2 Å². The lowest BCUT2D eigenvalue weighted by Gasteiger charge is -2.08. The van der Waals surface area contributed by atoms with Gasteiger partial charge in [0.2, 0.25) is 10.0 Å². The minimum absolute atomic E-state index is 0.0754.